The first-order valence-corrected chi connectivity index (χ1v) is 10.9. The molecule has 2 aromatic rings. The number of carbonyl (C=O) groups excluding carboxylic acids is 1. The lowest BCUT2D eigenvalue weighted by Crippen LogP contribution is -2.44. The number of amides is 1. The zero-order valence-corrected chi connectivity index (χ0v) is 21.7. The predicted octanol–water partition coefficient (Wildman–Crippen LogP) is 4.26. The molecule has 0 radical (unpaired) electrons. The van der Waals surface area contributed by atoms with Crippen molar-refractivity contribution < 1.29 is 9.53 Å². The minimum absolute atomic E-state index is 0. The van der Waals surface area contributed by atoms with Crippen LogP contribution in [0.2, 0.25) is 5.02 Å². The molecular weight excluding hydrogens is 541 g/mol. The number of ether oxygens (including phenoxy) is 1. The van der Waals surface area contributed by atoms with Gasteiger partial charge in [-0.25, -0.2) is 4.99 Å². The van der Waals surface area contributed by atoms with Gasteiger partial charge in [0.25, 0.3) is 0 Å². The number of methoxy groups -OCH3 is 1. The summed E-state index contributed by atoms with van der Waals surface area (Å²) < 4.78 is 5.51. The van der Waals surface area contributed by atoms with E-state index in [0.717, 1.165) is 54.7 Å². The Labute approximate surface area is 212 Å². The van der Waals surface area contributed by atoms with Crippen LogP contribution in [-0.4, -0.2) is 44.7 Å². The Morgan fingerprint density at radius 3 is 2.81 bits per heavy atom. The van der Waals surface area contributed by atoms with Gasteiger partial charge in [-0.15, -0.1) is 24.0 Å². The van der Waals surface area contributed by atoms with E-state index in [1.807, 2.05) is 49.4 Å². The Bertz CT molecular complexity index is 940. The lowest BCUT2D eigenvalue weighted by molar-refractivity contribution is -0.114. The highest BCUT2D eigenvalue weighted by atomic mass is 127. The molecule has 1 heterocycles. The molecular formula is C23H31ClIN5O2. The third-order valence-electron chi connectivity index (χ3n) is 5.02. The summed E-state index contributed by atoms with van der Waals surface area (Å²) in [5, 5.41) is 10.4. The SMILES string of the molecule is CCNC(=NCc1cccc(NC(C)=O)c1)NC1CCN(c2cc(Cl)ccc2OC)C1.I. The molecule has 0 saturated carbocycles. The number of carbonyl (C=O) groups is 1. The fourth-order valence-electron chi connectivity index (χ4n) is 3.64. The van der Waals surface area contributed by atoms with Crippen molar-refractivity contribution in [2.24, 2.45) is 4.99 Å². The number of halogens is 2. The smallest absolute Gasteiger partial charge is 0.221 e. The second kappa shape index (κ2) is 12.7. The predicted molar refractivity (Wildman–Crippen MR) is 143 cm³/mol. The Morgan fingerprint density at radius 2 is 2.09 bits per heavy atom. The summed E-state index contributed by atoms with van der Waals surface area (Å²) in [6.45, 7) is 6.58. The van der Waals surface area contributed by atoms with E-state index >= 15 is 0 Å². The quantitative estimate of drug-likeness (QED) is 0.263. The highest BCUT2D eigenvalue weighted by Gasteiger charge is 2.25. The molecule has 2 aromatic carbocycles. The molecule has 3 rings (SSSR count). The van der Waals surface area contributed by atoms with Gasteiger partial charge in [-0.2, -0.15) is 0 Å². The van der Waals surface area contributed by atoms with E-state index in [2.05, 4.69) is 20.9 Å². The summed E-state index contributed by atoms with van der Waals surface area (Å²) in [5.74, 6) is 1.51. The van der Waals surface area contributed by atoms with Crippen molar-refractivity contribution in [2.45, 2.75) is 32.9 Å². The van der Waals surface area contributed by atoms with Gasteiger partial charge in [0.2, 0.25) is 5.91 Å². The van der Waals surface area contributed by atoms with Gasteiger partial charge in [0.1, 0.15) is 5.75 Å². The molecule has 3 N–H and O–H groups in total. The van der Waals surface area contributed by atoms with Gasteiger partial charge in [0, 0.05) is 43.3 Å². The fourth-order valence-corrected chi connectivity index (χ4v) is 3.81. The van der Waals surface area contributed by atoms with Crippen LogP contribution in [0.5, 0.6) is 5.75 Å². The van der Waals surface area contributed by atoms with Crippen molar-refractivity contribution in [2.75, 3.05) is 37.0 Å². The molecule has 1 aliphatic heterocycles. The molecule has 1 aliphatic rings. The van der Waals surface area contributed by atoms with E-state index in [0.29, 0.717) is 11.6 Å². The first kappa shape index (κ1) is 26.1. The molecule has 1 atom stereocenters. The van der Waals surface area contributed by atoms with Crippen molar-refractivity contribution in [1.82, 2.24) is 10.6 Å². The van der Waals surface area contributed by atoms with E-state index in [1.165, 1.54) is 6.92 Å². The van der Waals surface area contributed by atoms with Gasteiger partial charge < -0.3 is 25.6 Å². The van der Waals surface area contributed by atoms with Gasteiger partial charge in [0.15, 0.2) is 5.96 Å². The van der Waals surface area contributed by atoms with E-state index in [4.69, 9.17) is 21.3 Å². The lowest BCUT2D eigenvalue weighted by Gasteiger charge is -2.22. The summed E-state index contributed by atoms with van der Waals surface area (Å²) in [4.78, 5) is 18.3. The normalized spacial score (nSPS) is 15.7. The number of nitrogens with zero attached hydrogens (tertiary/aromatic N) is 2. The Morgan fingerprint density at radius 1 is 1.28 bits per heavy atom. The number of aliphatic imine (C=N–C) groups is 1. The number of guanidine groups is 1. The average molecular weight is 572 g/mol. The van der Waals surface area contributed by atoms with Gasteiger partial charge in [-0.1, -0.05) is 23.7 Å². The van der Waals surface area contributed by atoms with Crippen LogP contribution in [0.4, 0.5) is 11.4 Å². The molecule has 0 aliphatic carbocycles. The van der Waals surface area contributed by atoms with E-state index in [-0.39, 0.29) is 35.9 Å². The standard InChI is InChI=1S/C23H30ClN5O2.HI/c1-4-25-23(26-14-17-6-5-7-19(12-17)27-16(2)30)28-20-10-11-29(15-20)21-13-18(24)8-9-22(21)31-3;/h5-9,12-13,20H,4,10-11,14-15H2,1-3H3,(H,27,30)(H2,25,26,28);1H. The maximum atomic E-state index is 11.3. The van der Waals surface area contributed by atoms with Crippen LogP contribution >= 0.6 is 35.6 Å². The molecule has 1 saturated heterocycles. The molecule has 0 aromatic heterocycles. The molecule has 7 nitrogen and oxygen atoms in total. The van der Waals surface area contributed by atoms with Crippen LogP contribution in [0.1, 0.15) is 25.8 Å². The highest BCUT2D eigenvalue weighted by molar-refractivity contribution is 14.0. The van der Waals surface area contributed by atoms with Crippen molar-refractivity contribution >= 4 is 58.8 Å². The van der Waals surface area contributed by atoms with Crippen molar-refractivity contribution in [3.05, 3.63) is 53.1 Å². The zero-order chi connectivity index (χ0) is 22.2. The van der Waals surface area contributed by atoms with Crippen LogP contribution in [0.3, 0.4) is 0 Å². The fraction of sp³-hybridized carbons (Fsp3) is 0.391. The number of nitrogens with one attached hydrogen (secondary N) is 3. The largest absolute Gasteiger partial charge is 0.495 e. The number of hydrogen-bond donors (Lipinski definition) is 3. The minimum Gasteiger partial charge on any atom is -0.495 e. The molecule has 0 spiro atoms. The van der Waals surface area contributed by atoms with Gasteiger partial charge in [-0.3, -0.25) is 4.79 Å². The van der Waals surface area contributed by atoms with Crippen LogP contribution in [0.25, 0.3) is 0 Å². The summed E-state index contributed by atoms with van der Waals surface area (Å²) in [7, 11) is 1.68. The van der Waals surface area contributed by atoms with Crippen molar-refractivity contribution in [1.29, 1.82) is 0 Å². The average Bonchev–Trinajstić information content (AvgIpc) is 3.20. The van der Waals surface area contributed by atoms with Crippen LogP contribution in [0, 0.1) is 0 Å². The minimum atomic E-state index is -0.0854. The molecule has 174 valence electrons. The number of hydrogen-bond acceptors (Lipinski definition) is 4. The first-order valence-electron chi connectivity index (χ1n) is 10.5. The monoisotopic (exact) mass is 571 g/mol. The van der Waals surface area contributed by atoms with E-state index in [1.54, 1.807) is 7.11 Å². The number of rotatable bonds is 7. The third-order valence-corrected chi connectivity index (χ3v) is 5.26. The van der Waals surface area contributed by atoms with Crippen LogP contribution in [0.15, 0.2) is 47.5 Å². The van der Waals surface area contributed by atoms with Crippen molar-refractivity contribution in [3.8, 4) is 5.75 Å². The highest BCUT2D eigenvalue weighted by Crippen LogP contribution is 2.33. The molecule has 0 bridgehead atoms. The summed E-state index contributed by atoms with van der Waals surface area (Å²) >= 11 is 6.20. The second-order valence-electron chi connectivity index (χ2n) is 7.47. The molecule has 32 heavy (non-hydrogen) atoms. The van der Waals surface area contributed by atoms with Crippen LogP contribution in [-0.2, 0) is 11.3 Å². The Balaban J connectivity index is 0.00000363. The Kier molecular flexibility index (Phi) is 10.4. The number of benzene rings is 2. The summed E-state index contributed by atoms with van der Waals surface area (Å²) in [6.07, 6.45) is 0.984. The maximum absolute atomic E-state index is 11.3. The first-order chi connectivity index (χ1) is 15.0. The topological polar surface area (TPSA) is 78.0 Å². The summed E-state index contributed by atoms with van der Waals surface area (Å²) in [5.41, 5.74) is 2.82. The molecule has 1 fully saturated rings. The van der Waals surface area contributed by atoms with Gasteiger partial charge in [-0.05, 0) is 49.2 Å². The maximum Gasteiger partial charge on any atom is 0.221 e. The third kappa shape index (κ3) is 7.44. The molecule has 1 amide bonds. The van der Waals surface area contributed by atoms with Gasteiger partial charge in [0.05, 0.1) is 19.3 Å². The van der Waals surface area contributed by atoms with Crippen molar-refractivity contribution in [3.63, 3.8) is 0 Å². The number of anilines is 2. The van der Waals surface area contributed by atoms with Crippen LogP contribution < -0.4 is 25.6 Å². The zero-order valence-electron chi connectivity index (χ0n) is 18.7. The second-order valence-corrected chi connectivity index (χ2v) is 7.91. The molecule has 9 heteroatoms. The lowest BCUT2D eigenvalue weighted by atomic mass is 10.2. The summed E-state index contributed by atoms with van der Waals surface area (Å²) in [6, 6.07) is 13.7. The molecule has 1 unspecified atom stereocenters. The van der Waals surface area contributed by atoms with E-state index in [9.17, 15) is 4.79 Å². The van der Waals surface area contributed by atoms with E-state index < -0.39 is 0 Å². The Hall–Kier alpha value is -2.20. The van der Waals surface area contributed by atoms with Gasteiger partial charge >= 0.3 is 0 Å².